The molecule has 0 saturated heterocycles. The third-order valence-electron chi connectivity index (χ3n) is 5.56. The summed E-state index contributed by atoms with van der Waals surface area (Å²) in [5.41, 5.74) is 5.14. The average Bonchev–Trinajstić information content (AvgIpc) is 2.92. The average molecular weight is 548 g/mol. The number of amides is 1. The maximum atomic E-state index is 13.4. The molecule has 4 rings (SSSR count). The largest absolute Gasteiger partial charge is 0.488 e. The number of anilines is 1. The quantitative estimate of drug-likeness (QED) is 0.207. The van der Waals surface area contributed by atoms with Gasteiger partial charge < -0.3 is 4.74 Å². The molecule has 0 radical (unpaired) electrons. The Labute approximate surface area is 227 Å². The van der Waals surface area contributed by atoms with Gasteiger partial charge in [-0.25, -0.2) is 13.8 Å². The van der Waals surface area contributed by atoms with E-state index in [0.29, 0.717) is 22.0 Å². The van der Waals surface area contributed by atoms with E-state index in [1.807, 2.05) is 43.3 Å². The molecule has 0 aliphatic heterocycles. The van der Waals surface area contributed by atoms with Crippen molar-refractivity contribution in [3.8, 4) is 5.75 Å². The molecule has 0 aromatic heterocycles. The van der Waals surface area contributed by atoms with E-state index in [4.69, 9.17) is 16.3 Å². The Kier molecular flexibility index (Phi) is 8.78. The lowest BCUT2D eigenvalue weighted by Crippen LogP contribution is -2.39. The lowest BCUT2D eigenvalue weighted by molar-refractivity contribution is -0.119. The van der Waals surface area contributed by atoms with Crippen LogP contribution in [0.25, 0.3) is 0 Å². The zero-order valence-corrected chi connectivity index (χ0v) is 22.2. The Balaban J connectivity index is 1.48. The molecule has 0 bridgehead atoms. The number of rotatable bonds is 10. The van der Waals surface area contributed by atoms with Crippen molar-refractivity contribution >= 4 is 39.4 Å². The molecule has 38 heavy (non-hydrogen) atoms. The number of hydrogen-bond acceptors (Lipinski definition) is 5. The first-order valence-electron chi connectivity index (χ1n) is 11.8. The van der Waals surface area contributed by atoms with Crippen molar-refractivity contribution in [2.24, 2.45) is 5.10 Å². The van der Waals surface area contributed by atoms with Crippen molar-refractivity contribution in [2.75, 3.05) is 10.8 Å². The minimum absolute atomic E-state index is 0.0856. The molecule has 1 amide bonds. The van der Waals surface area contributed by atoms with Crippen molar-refractivity contribution in [1.29, 1.82) is 0 Å². The smallest absolute Gasteiger partial charge is 0.264 e. The number of carbonyl (C=O) groups excluding carboxylic acids is 1. The van der Waals surface area contributed by atoms with Crippen molar-refractivity contribution in [2.45, 2.75) is 18.4 Å². The number of nitrogens with zero attached hydrogens (tertiary/aromatic N) is 2. The highest BCUT2D eigenvalue weighted by Crippen LogP contribution is 2.24. The minimum Gasteiger partial charge on any atom is -0.488 e. The number of hydrogen-bond donors (Lipinski definition) is 1. The van der Waals surface area contributed by atoms with Gasteiger partial charge in [-0.05, 0) is 55.0 Å². The molecule has 0 atom stereocenters. The maximum Gasteiger partial charge on any atom is 0.264 e. The van der Waals surface area contributed by atoms with Gasteiger partial charge in [0.1, 0.15) is 18.9 Å². The van der Waals surface area contributed by atoms with Gasteiger partial charge in [-0.3, -0.25) is 9.10 Å². The number of aryl methyl sites for hydroxylation is 1. The number of para-hydroxylation sites is 1. The van der Waals surface area contributed by atoms with E-state index in [0.717, 1.165) is 15.4 Å². The highest BCUT2D eigenvalue weighted by atomic mass is 35.5. The molecule has 0 heterocycles. The summed E-state index contributed by atoms with van der Waals surface area (Å²) in [4.78, 5) is 12.9. The predicted octanol–water partition coefficient (Wildman–Crippen LogP) is 5.57. The summed E-state index contributed by atoms with van der Waals surface area (Å²) >= 11 is 6.21. The van der Waals surface area contributed by atoms with E-state index in [1.54, 1.807) is 54.6 Å². The second-order valence-electron chi connectivity index (χ2n) is 8.37. The lowest BCUT2D eigenvalue weighted by Gasteiger charge is -2.24. The van der Waals surface area contributed by atoms with Crippen LogP contribution in [0.15, 0.2) is 113 Å². The van der Waals surface area contributed by atoms with Gasteiger partial charge in [-0.2, -0.15) is 5.10 Å². The molecular formula is C29H26ClN3O4S. The Morgan fingerprint density at radius 2 is 1.66 bits per heavy atom. The van der Waals surface area contributed by atoms with Gasteiger partial charge in [0.2, 0.25) is 0 Å². The van der Waals surface area contributed by atoms with Crippen LogP contribution in [0.2, 0.25) is 5.02 Å². The molecule has 0 spiro atoms. The van der Waals surface area contributed by atoms with Crippen molar-refractivity contribution in [3.63, 3.8) is 0 Å². The van der Waals surface area contributed by atoms with Crippen LogP contribution >= 0.6 is 11.6 Å². The Morgan fingerprint density at radius 3 is 2.42 bits per heavy atom. The summed E-state index contributed by atoms with van der Waals surface area (Å²) in [5.74, 6) is -0.0461. The molecule has 194 valence electrons. The number of sulfonamides is 1. The molecule has 9 heteroatoms. The summed E-state index contributed by atoms with van der Waals surface area (Å²) in [5, 5.41) is 4.65. The van der Waals surface area contributed by atoms with Crippen LogP contribution < -0.4 is 14.5 Å². The van der Waals surface area contributed by atoms with E-state index in [1.165, 1.54) is 18.3 Å². The Morgan fingerprint density at radius 1 is 0.947 bits per heavy atom. The fourth-order valence-corrected chi connectivity index (χ4v) is 5.27. The van der Waals surface area contributed by atoms with Gasteiger partial charge >= 0.3 is 0 Å². The Bertz CT molecular complexity index is 1540. The van der Waals surface area contributed by atoms with E-state index < -0.39 is 22.5 Å². The van der Waals surface area contributed by atoms with E-state index >= 15 is 0 Å². The number of nitrogens with one attached hydrogen (secondary N) is 1. The first kappa shape index (κ1) is 26.9. The Hall–Kier alpha value is -4.14. The van der Waals surface area contributed by atoms with Crippen LogP contribution in [0, 0.1) is 6.92 Å². The number of benzene rings is 4. The molecule has 0 saturated carbocycles. The molecule has 0 aliphatic carbocycles. The second-order valence-corrected chi connectivity index (χ2v) is 10.6. The molecule has 4 aromatic carbocycles. The monoisotopic (exact) mass is 547 g/mol. The third-order valence-corrected chi connectivity index (χ3v) is 7.72. The summed E-state index contributed by atoms with van der Waals surface area (Å²) in [7, 11) is -4.00. The van der Waals surface area contributed by atoms with Crippen molar-refractivity contribution in [1.82, 2.24) is 5.43 Å². The first-order valence-corrected chi connectivity index (χ1v) is 13.6. The highest BCUT2D eigenvalue weighted by Gasteiger charge is 2.27. The lowest BCUT2D eigenvalue weighted by atomic mass is 10.2. The van der Waals surface area contributed by atoms with E-state index in [-0.39, 0.29) is 11.5 Å². The predicted molar refractivity (Wildman–Crippen MR) is 150 cm³/mol. The van der Waals surface area contributed by atoms with Gasteiger partial charge in [0, 0.05) is 16.1 Å². The van der Waals surface area contributed by atoms with Crippen LogP contribution in [0.1, 0.15) is 16.7 Å². The first-order chi connectivity index (χ1) is 18.3. The summed E-state index contributed by atoms with van der Waals surface area (Å²) < 4.78 is 33.8. The van der Waals surface area contributed by atoms with Crippen LogP contribution in [0.5, 0.6) is 5.75 Å². The van der Waals surface area contributed by atoms with Gasteiger partial charge in [0.25, 0.3) is 15.9 Å². The van der Waals surface area contributed by atoms with Gasteiger partial charge in [-0.1, -0.05) is 72.3 Å². The molecule has 7 nitrogen and oxygen atoms in total. The van der Waals surface area contributed by atoms with E-state index in [2.05, 4.69) is 10.5 Å². The second kappa shape index (κ2) is 12.4. The highest BCUT2D eigenvalue weighted by molar-refractivity contribution is 7.92. The number of hydrazone groups is 1. The number of carbonyl (C=O) groups is 1. The molecule has 0 unspecified atom stereocenters. The normalized spacial score (nSPS) is 11.3. The zero-order chi connectivity index (χ0) is 27.0. The summed E-state index contributed by atoms with van der Waals surface area (Å²) in [6.45, 7) is 1.66. The van der Waals surface area contributed by atoms with E-state index in [9.17, 15) is 13.2 Å². The maximum absolute atomic E-state index is 13.4. The zero-order valence-electron chi connectivity index (χ0n) is 20.6. The van der Waals surface area contributed by atoms with Gasteiger partial charge in [-0.15, -0.1) is 0 Å². The summed E-state index contributed by atoms with van der Waals surface area (Å²) in [6, 6.07) is 29.6. The minimum atomic E-state index is -4.00. The van der Waals surface area contributed by atoms with Crippen molar-refractivity contribution in [3.05, 3.63) is 125 Å². The molecular weight excluding hydrogens is 522 g/mol. The molecule has 4 aromatic rings. The van der Waals surface area contributed by atoms with Gasteiger partial charge in [0.05, 0.1) is 16.8 Å². The summed E-state index contributed by atoms with van der Waals surface area (Å²) in [6.07, 6.45) is 1.45. The van der Waals surface area contributed by atoms with Crippen molar-refractivity contribution < 1.29 is 17.9 Å². The topological polar surface area (TPSA) is 88.1 Å². The van der Waals surface area contributed by atoms with Crippen LogP contribution in [0.4, 0.5) is 5.69 Å². The van der Waals surface area contributed by atoms with Crippen LogP contribution in [-0.4, -0.2) is 27.1 Å². The van der Waals surface area contributed by atoms with Crippen LogP contribution in [0.3, 0.4) is 0 Å². The van der Waals surface area contributed by atoms with Crippen LogP contribution in [-0.2, 0) is 21.4 Å². The fraction of sp³-hybridized carbons (Fsp3) is 0.103. The van der Waals surface area contributed by atoms with Gasteiger partial charge in [0.15, 0.2) is 0 Å². The molecule has 0 aliphatic rings. The standard InChI is InChI=1S/C29H26ClN3O4S/c1-22-10-9-13-25(18-22)33(38(35,36)26-14-3-2-4-15-26)20-29(34)32-31-19-23-11-6-8-17-28(23)37-21-24-12-5-7-16-27(24)30/h2-19H,20-21H2,1H3,(H,32,34)/b31-19-. The third kappa shape index (κ3) is 6.79. The number of halogens is 1. The fourth-order valence-electron chi connectivity index (χ4n) is 3.65. The number of ether oxygens (including phenoxy) is 1. The molecule has 0 fully saturated rings. The molecule has 1 N–H and O–H groups in total. The SMILES string of the molecule is Cc1cccc(N(CC(=O)N/N=C\c2ccccc2OCc2ccccc2Cl)S(=O)(=O)c2ccccc2)c1.